The third-order valence-corrected chi connectivity index (χ3v) is 5.49. The molecule has 0 atom stereocenters. The monoisotopic (exact) mass is 498 g/mol. The molecule has 0 saturated carbocycles. The molecule has 5 heterocycles. The number of rotatable bonds is 5. The Bertz CT molecular complexity index is 1280. The molecule has 34 heavy (non-hydrogen) atoms. The predicted molar refractivity (Wildman–Crippen MR) is 115 cm³/mol. The summed E-state index contributed by atoms with van der Waals surface area (Å²) in [6.45, 7) is 3.60. The van der Waals surface area contributed by atoms with Crippen LogP contribution in [0.4, 0.5) is 28.4 Å². The molecule has 0 aromatic carbocycles. The van der Waals surface area contributed by atoms with Crippen LogP contribution in [0, 0.1) is 6.92 Å². The molecule has 1 aliphatic rings. The molecule has 0 unspecified atom stereocenters. The molecule has 10 nitrogen and oxygen atoms in total. The number of nitrogens with zero attached hydrogens (tertiary/aromatic N) is 6. The highest BCUT2D eigenvalue weighted by molar-refractivity contribution is 7.10. The minimum atomic E-state index is -5.08. The van der Waals surface area contributed by atoms with Crippen LogP contribution in [0.15, 0.2) is 30.9 Å². The molecule has 15 heteroatoms. The van der Waals surface area contributed by atoms with Gasteiger partial charge in [0.25, 0.3) is 0 Å². The quantitative estimate of drug-likeness (QED) is 0.358. The molecule has 4 aromatic rings. The SMILES string of the molecule is Cc1cn2c(-c3cn[nH]c3)cnc2c(Nc2cc(CN3CC(F)C3)ns2)n1.O=C(O)C(F)(F)F. The Hall–Kier alpha value is -3.59. The van der Waals surface area contributed by atoms with Gasteiger partial charge in [0.05, 0.1) is 29.5 Å². The van der Waals surface area contributed by atoms with Gasteiger partial charge in [0.1, 0.15) is 11.2 Å². The maximum atomic E-state index is 13.0. The molecular weight excluding hydrogens is 480 g/mol. The molecule has 1 saturated heterocycles. The topological polar surface area (TPSA) is 124 Å². The number of aromatic amines is 1. The molecule has 180 valence electrons. The van der Waals surface area contributed by atoms with Crippen molar-refractivity contribution in [2.75, 3.05) is 18.4 Å². The summed E-state index contributed by atoms with van der Waals surface area (Å²) in [7, 11) is 0. The van der Waals surface area contributed by atoms with Crippen molar-refractivity contribution < 1.29 is 27.5 Å². The van der Waals surface area contributed by atoms with Gasteiger partial charge in [-0.15, -0.1) is 0 Å². The number of nitrogens with one attached hydrogen (secondary N) is 2. The van der Waals surface area contributed by atoms with Crippen LogP contribution in [0.3, 0.4) is 0 Å². The summed E-state index contributed by atoms with van der Waals surface area (Å²) in [5.41, 5.74) is 4.43. The molecule has 0 spiro atoms. The summed E-state index contributed by atoms with van der Waals surface area (Å²) in [6, 6.07) is 1.98. The van der Waals surface area contributed by atoms with Gasteiger partial charge in [-0.2, -0.15) is 22.6 Å². The molecule has 0 bridgehead atoms. The second-order valence-electron chi connectivity index (χ2n) is 7.46. The zero-order chi connectivity index (χ0) is 24.5. The highest BCUT2D eigenvalue weighted by Crippen LogP contribution is 2.28. The number of aromatic nitrogens is 6. The van der Waals surface area contributed by atoms with Crippen molar-refractivity contribution in [3.8, 4) is 11.3 Å². The number of likely N-dealkylation sites (tertiary alicyclic amines) is 1. The van der Waals surface area contributed by atoms with Gasteiger partial charge in [-0.3, -0.25) is 14.4 Å². The highest BCUT2D eigenvalue weighted by Gasteiger charge is 2.38. The number of halogens is 4. The van der Waals surface area contributed by atoms with E-state index in [4.69, 9.17) is 9.90 Å². The molecule has 5 rings (SSSR count). The van der Waals surface area contributed by atoms with E-state index in [1.807, 2.05) is 40.9 Å². The second kappa shape index (κ2) is 9.34. The van der Waals surface area contributed by atoms with Crippen molar-refractivity contribution in [1.29, 1.82) is 0 Å². The number of imidazole rings is 1. The molecule has 4 aromatic heterocycles. The van der Waals surface area contributed by atoms with Gasteiger partial charge in [-0.1, -0.05) is 0 Å². The number of carboxylic acids is 1. The van der Waals surface area contributed by atoms with Crippen LogP contribution in [-0.2, 0) is 11.3 Å². The average molecular weight is 498 g/mol. The number of alkyl halides is 4. The Labute approximate surface area is 193 Å². The molecular formula is C19H18F4N8O2S. The third-order valence-electron chi connectivity index (χ3n) is 4.75. The van der Waals surface area contributed by atoms with Crippen LogP contribution >= 0.6 is 11.5 Å². The van der Waals surface area contributed by atoms with Crippen molar-refractivity contribution >= 4 is 34.0 Å². The standard InChI is InChI=1S/C17H17FN8S.C2HF3O2/c1-10-6-26-14(11-3-20-21-4-11)5-19-17(26)16(22-10)23-15-2-13(24-27-15)9-25-7-12(18)8-25;3-2(4,5)1(6)7/h2-6,12H,7-9H2,1H3,(H,20,21)(H,22,23);(H,6,7). The van der Waals surface area contributed by atoms with Gasteiger partial charge in [0.15, 0.2) is 11.5 Å². The molecule has 3 N–H and O–H groups in total. The lowest BCUT2D eigenvalue weighted by atomic mass is 10.2. The summed E-state index contributed by atoms with van der Waals surface area (Å²) < 4.78 is 51.1. The van der Waals surface area contributed by atoms with Crippen LogP contribution in [0.1, 0.15) is 11.4 Å². The van der Waals surface area contributed by atoms with Gasteiger partial charge in [0.2, 0.25) is 0 Å². The average Bonchev–Trinajstić information content (AvgIpc) is 3.47. The molecule has 0 radical (unpaired) electrons. The van der Waals surface area contributed by atoms with Gasteiger partial charge >= 0.3 is 12.1 Å². The number of fused-ring (bicyclic) bond motifs is 1. The van der Waals surface area contributed by atoms with Crippen LogP contribution < -0.4 is 5.32 Å². The Balaban J connectivity index is 0.000000344. The van der Waals surface area contributed by atoms with E-state index >= 15 is 0 Å². The summed E-state index contributed by atoms with van der Waals surface area (Å²) in [5, 5.41) is 18.2. The van der Waals surface area contributed by atoms with Gasteiger partial charge in [-0.25, -0.2) is 19.2 Å². The van der Waals surface area contributed by atoms with Gasteiger partial charge < -0.3 is 10.4 Å². The first kappa shape index (κ1) is 23.6. The fourth-order valence-corrected chi connectivity index (χ4v) is 3.88. The van der Waals surface area contributed by atoms with Crippen LogP contribution in [0.25, 0.3) is 16.9 Å². The van der Waals surface area contributed by atoms with E-state index in [2.05, 4.69) is 29.9 Å². The van der Waals surface area contributed by atoms with E-state index in [0.717, 1.165) is 33.3 Å². The fraction of sp³-hybridized carbons (Fsp3) is 0.316. The maximum Gasteiger partial charge on any atom is 0.490 e. The van der Waals surface area contributed by atoms with Crippen molar-refractivity contribution in [2.45, 2.75) is 25.8 Å². The smallest absolute Gasteiger partial charge is 0.475 e. The minimum absolute atomic E-state index is 0.491. The van der Waals surface area contributed by atoms with Crippen LogP contribution in [0.2, 0.25) is 0 Å². The van der Waals surface area contributed by atoms with Gasteiger partial charge in [0, 0.05) is 37.6 Å². The fourth-order valence-electron chi connectivity index (χ4n) is 3.22. The number of hydrogen-bond acceptors (Lipinski definition) is 8. The largest absolute Gasteiger partial charge is 0.490 e. The van der Waals surface area contributed by atoms with Gasteiger partial charge in [-0.05, 0) is 24.5 Å². The number of carboxylic acid groups (broad SMARTS) is 1. The predicted octanol–water partition coefficient (Wildman–Crippen LogP) is 3.41. The lowest BCUT2D eigenvalue weighted by Gasteiger charge is -2.33. The maximum absolute atomic E-state index is 13.0. The zero-order valence-corrected chi connectivity index (χ0v) is 18.4. The van der Waals surface area contributed by atoms with E-state index in [9.17, 15) is 17.6 Å². The first-order chi connectivity index (χ1) is 16.1. The zero-order valence-electron chi connectivity index (χ0n) is 17.5. The number of hydrogen-bond donors (Lipinski definition) is 3. The van der Waals surface area contributed by atoms with E-state index in [1.165, 1.54) is 11.5 Å². The summed E-state index contributed by atoms with van der Waals surface area (Å²) in [5.74, 6) is -2.08. The molecule has 1 fully saturated rings. The highest BCUT2D eigenvalue weighted by atomic mass is 32.1. The number of carbonyl (C=O) groups is 1. The normalized spacial score (nSPS) is 14.5. The lowest BCUT2D eigenvalue weighted by molar-refractivity contribution is -0.192. The Morgan fingerprint density at radius 3 is 2.71 bits per heavy atom. The number of aryl methyl sites for hydroxylation is 1. The number of anilines is 2. The lowest BCUT2D eigenvalue weighted by Crippen LogP contribution is -2.47. The van der Waals surface area contributed by atoms with Crippen molar-refractivity contribution in [2.24, 2.45) is 0 Å². The minimum Gasteiger partial charge on any atom is -0.475 e. The van der Waals surface area contributed by atoms with E-state index in [1.54, 1.807) is 6.20 Å². The second-order valence-corrected chi connectivity index (χ2v) is 8.26. The van der Waals surface area contributed by atoms with Crippen LogP contribution in [-0.4, -0.2) is 70.4 Å². The molecule has 0 aliphatic carbocycles. The number of aliphatic carboxylic acids is 1. The summed E-state index contributed by atoms with van der Waals surface area (Å²) >= 11 is 1.37. The third kappa shape index (κ3) is 5.31. The number of H-pyrrole nitrogens is 1. The van der Waals surface area contributed by atoms with Crippen molar-refractivity contribution in [3.63, 3.8) is 0 Å². The van der Waals surface area contributed by atoms with Crippen LogP contribution in [0.5, 0.6) is 0 Å². The Morgan fingerprint density at radius 1 is 1.35 bits per heavy atom. The van der Waals surface area contributed by atoms with E-state index in [-0.39, 0.29) is 0 Å². The Morgan fingerprint density at radius 2 is 2.09 bits per heavy atom. The summed E-state index contributed by atoms with van der Waals surface area (Å²) in [4.78, 5) is 20.1. The van der Waals surface area contributed by atoms with Crippen molar-refractivity contribution in [3.05, 3.63) is 42.2 Å². The molecule has 0 amide bonds. The van der Waals surface area contributed by atoms with E-state index < -0.39 is 18.3 Å². The first-order valence-electron chi connectivity index (χ1n) is 9.83. The van der Waals surface area contributed by atoms with E-state index in [0.29, 0.717) is 25.5 Å². The summed E-state index contributed by atoms with van der Waals surface area (Å²) in [6.07, 6.45) is 1.57. The Kier molecular flexibility index (Phi) is 6.47. The first-order valence-corrected chi connectivity index (χ1v) is 10.6. The van der Waals surface area contributed by atoms with Crippen molar-refractivity contribution in [1.82, 2.24) is 33.8 Å². The molecule has 1 aliphatic heterocycles.